The van der Waals surface area contributed by atoms with Gasteiger partial charge in [-0.05, 0) is 147 Å². The number of allylic oxidation sites excluding steroid dienone is 22. The van der Waals surface area contributed by atoms with Gasteiger partial charge in [-0.1, -0.05) is 140 Å². The van der Waals surface area contributed by atoms with Gasteiger partial charge in [-0.15, -0.1) is 0 Å². The van der Waals surface area contributed by atoms with Crippen LogP contribution in [-0.4, -0.2) is 30.4 Å². The Labute approximate surface area is 359 Å². The minimum absolute atomic E-state index is 0.0550. The second-order valence-electron chi connectivity index (χ2n) is 20.4. The van der Waals surface area contributed by atoms with E-state index in [4.69, 9.17) is 9.73 Å². The molecule has 2 heterocycles. The van der Waals surface area contributed by atoms with Gasteiger partial charge in [0, 0.05) is 23.7 Å². The monoisotopic (exact) mass is 796 g/mol. The summed E-state index contributed by atoms with van der Waals surface area (Å²) < 4.78 is 6.98. The SMILES string of the molecule is C1=CC2OC3C=CCCC3C3(C2C=C1)C1C=CC=CC1C1C(C2=CCCC(C4NC(C5CCC6C=CCCC6C5)=NC(C5C=CC=CC5C5=CCCC=C5)N4)C2)=CC=CC13. The molecule has 12 aliphatic rings. The second kappa shape index (κ2) is 15.7. The number of hydrogen-bond donors (Lipinski definition) is 2. The van der Waals surface area contributed by atoms with Gasteiger partial charge in [-0.3, -0.25) is 10.3 Å². The fourth-order valence-corrected chi connectivity index (χ4v) is 15.2. The number of aliphatic imine (C=N–C) groups is 1. The van der Waals surface area contributed by atoms with Crippen molar-refractivity contribution in [3.63, 3.8) is 0 Å². The lowest BCUT2D eigenvalue weighted by Crippen LogP contribution is -2.61. The van der Waals surface area contributed by atoms with Gasteiger partial charge in [-0.2, -0.15) is 0 Å². The molecule has 0 amide bonds. The highest BCUT2D eigenvalue weighted by atomic mass is 16.5. The van der Waals surface area contributed by atoms with Gasteiger partial charge in [0.2, 0.25) is 0 Å². The molecule has 4 nitrogen and oxygen atoms in total. The highest BCUT2D eigenvalue weighted by molar-refractivity contribution is 5.86. The number of nitrogens with zero attached hydrogens (tertiary/aromatic N) is 1. The summed E-state index contributed by atoms with van der Waals surface area (Å²) in [6.45, 7) is 0. The van der Waals surface area contributed by atoms with E-state index in [-0.39, 0.29) is 30.0 Å². The van der Waals surface area contributed by atoms with Crippen LogP contribution in [0.1, 0.15) is 77.0 Å². The van der Waals surface area contributed by atoms with E-state index in [0.29, 0.717) is 59.2 Å². The summed E-state index contributed by atoms with van der Waals surface area (Å²) in [7, 11) is 0. The van der Waals surface area contributed by atoms with E-state index in [1.165, 1.54) is 56.4 Å². The number of fused-ring (bicyclic) bond motifs is 10. The van der Waals surface area contributed by atoms with Crippen molar-refractivity contribution < 1.29 is 4.74 Å². The Kier molecular flexibility index (Phi) is 9.89. The molecule has 17 unspecified atom stereocenters. The van der Waals surface area contributed by atoms with Crippen molar-refractivity contribution in [2.24, 2.45) is 81.4 Å². The maximum atomic E-state index is 6.98. The van der Waals surface area contributed by atoms with Crippen molar-refractivity contribution in [1.29, 1.82) is 0 Å². The number of ether oxygens (including phenoxy) is 1. The van der Waals surface area contributed by atoms with Crippen molar-refractivity contribution in [2.75, 3.05) is 0 Å². The normalized spacial score (nSPS) is 46.7. The zero-order chi connectivity index (χ0) is 39.6. The molecule has 17 atom stereocenters. The van der Waals surface area contributed by atoms with E-state index >= 15 is 0 Å². The van der Waals surface area contributed by atoms with Crippen LogP contribution in [0.3, 0.4) is 0 Å². The molecule has 0 bridgehead atoms. The lowest BCUT2D eigenvalue weighted by atomic mass is 9.49. The van der Waals surface area contributed by atoms with Crippen LogP contribution in [-0.2, 0) is 4.74 Å². The number of hydrogen-bond acceptors (Lipinski definition) is 4. The molecule has 1 saturated heterocycles. The van der Waals surface area contributed by atoms with Crippen LogP contribution in [0, 0.1) is 76.4 Å². The largest absolute Gasteiger partial charge is 0.366 e. The first-order valence-electron chi connectivity index (χ1n) is 24.3. The van der Waals surface area contributed by atoms with Crippen molar-refractivity contribution in [1.82, 2.24) is 10.6 Å². The summed E-state index contributed by atoms with van der Waals surface area (Å²) in [6.07, 6.45) is 71.4. The zero-order valence-corrected chi connectivity index (χ0v) is 35.4. The first kappa shape index (κ1) is 37.7. The molecule has 0 aromatic rings. The lowest BCUT2D eigenvalue weighted by Gasteiger charge is -2.59. The number of nitrogens with one attached hydrogen (secondary N) is 2. The Morgan fingerprint density at radius 3 is 2.38 bits per heavy atom. The minimum atomic E-state index is 0.0550. The Morgan fingerprint density at radius 1 is 0.633 bits per heavy atom. The zero-order valence-electron chi connectivity index (χ0n) is 35.4. The van der Waals surface area contributed by atoms with Crippen LogP contribution in [0.2, 0.25) is 0 Å². The summed E-state index contributed by atoms with van der Waals surface area (Å²) in [5.74, 6) is 7.35. The Bertz CT molecular complexity index is 2150. The molecule has 0 radical (unpaired) electrons. The van der Waals surface area contributed by atoms with E-state index in [9.17, 15) is 0 Å². The van der Waals surface area contributed by atoms with Crippen molar-refractivity contribution in [3.8, 4) is 0 Å². The molecule has 12 rings (SSSR count). The molecule has 0 aromatic carbocycles. The minimum Gasteiger partial charge on any atom is -0.366 e. The van der Waals surface area contributed by atoms with Gasteiger partial charge in [-0.25, -0.2) is 0 Å². The first-order valence-corrected chi connectivity index (χ1v) is 24.3. The Morgan fingerprint density at radius 2 is 1.45 bits per heavy atom. The molecule has 310 valence electrons. The predicted octanol–water partition coefficient (Wildman–Crippen LogP) is 11.5. The van der Waals surface area contributed by atoms with Crippen LogP contribution in [0.4, 0.5) is 0 Å². The fourth-order valence-electron chi connectivity index (χ4n) is 15.2. The molecule has 0 aromatic heterocycles. The van der Waals surface area contributed by atoms with E-state index in [2.05, 4.69) is 150 Å². The predicted molar refractivity (Wildman–Crippen MR) is 245 cm³/mol. The maximum absolute atomic E-state index is 6.98. The summed E-state index contributed by atoms with van der Waals surface area (Å²) in [6, 6.07) is 0. The smallest absolute Gasteiger partial charge is 0.110 e. The molecular formula is C56H65N3O. The molecule has 1 spiro atoms. The quantitative estimate of drug-likeness (QED) is 0.273. The lowest BCUT2D eigenvalue weighted by molar-refractivity contribution is -0.167. The molecule has 2 aliphatic heterocycles. The van der Waals surface area contributed by atoms with Crippen LogP contribution >= 0.6 is 0 Å². The molecule has 60 heavy (non-hydrogen) atoms. The highest BCUT2D eigenvalue weighted by Gasteiger charge is 2.68. The van der Waals surface area contributed by atoms with E-state index < -0.39 is 0 Å². The average molecular weight is 796 g/mol. The van der Waals surface area contributed by atoms with Crippen LogP contribution in [0.15, 0.2) is 161 Å². The molecule has 4 heteroatoms. The molecular weight excluding hydrogens is 731 g/mol. The van der Waals surface area contributed by atoms with Gasteiger partial charge in [0.05, 0.1) is 18.4 Å². The van der Waals surface area contributed by atoms with Gasteiger partial charge in [0.1, 0.15) is 12.0 Å². The highest BCUT2D eigenvalue weighted by Crippen LogP contribution is 2.71. The van der Waals surface area contributed by atoms with Gasteiger partial charge >= 0.3 is 0 Å². The third kappa shape index (κ3) is 6.24. The van der Waals surface area contributed by atoms with Crippen LogP contribution in [0.25, 0.3) is 0 Å². The van der Waals surface area contributed by atoms with Gasteiger partial charge in [0.15, 0.2) is 0 Å². The van der Waals surface area contributed by atoms with E-state index in [1.807, 2.05) is 0 Å². The third-order valence-corrected chi connectivity index (χ3v) is 17.7. The van der Waals surface area contributed by atoms with Crippen molar-refractivity contribution in [2.45, 2.75) is 102 Å². The maximum Gasteiger partial charge on any atom is 0.110 e. The van der Waals surface area contributed by atoms with E-state index in [0.717, 1.165) is 43.9 Å². The number of amidine groups is 1. The van der Waals surface area contributed by atoms with Crippen LogP contribution in [0.5, 0.6) is 0 Å². The second-order valence-corrected chi connectivity index (χ2v) is 20.4. The van der Waals surface area contributed by atoms with Gasteiger partial charge < -0.3 is 10.1 Å². The van der Waals surface area contributed by atoms with Crippen molar-refractivity contribution in [3.05, 3.63) is 156 Å². The molecule has 2 saturated carbocycles. The standard InChI is InChI=1S/C56H65N3O/c1-2-17-37(18-3-1)42-22-6-7-23-44(42)55-58-53(57-54(59-55)41-33-32-36-16-4-5-19-38(36)34-41)40-21-14-20-39(35-40)43-25-15-29-49-52(43)45-24-8-9-26-46(45)56(49)47-27-10-12-30-50(47)60-51-31-13-11-28-48(51)56/h2,4,6-10,12-13,15-18,20,22-27,29-31,36,38,40-42,44-53,55,58H,1,3,5,11,14,19,21,28,32-35H2,(H,57,59). The Balaban J connectivity index is 0.858. The summed E-state index contributed by atoms with van der Waals surface area (Å²) in [5, 5.41) is 8.46. The fraction of sp³-hybridized carbons (Fsp3) is 0.518. The average Bonchev–Trinajstić information content (AvgIpc) is 3.62. The Hall–Kier alpha value is -3.99. The first-order chi connectivity index (χ1) is 29.7. The molecule has 10 aliphatic carbocycles. The topological polar surface area (TPSA) is 45.6 Å². The molecule has 3 fully saturated rings. The van der Waals surface area contributed by atoms with Gasteiger partial charge in [0.25, 0.3) is 0 Å². The van der Waals surface area contributed by atoms with Crippen LogP contribution < -0.4 is 10.6 Å². The van der Waals surface area contributed by atoms with Crippen molar-refractivity contribution >= 4 is 5.84 Å². The van der Waals surface area contributed by atoms with E-state index in [1.54, 1.807) is 11.1 Å². The summed E-state index contributed by atoms with van der Waals surface area (Å²) in [5.41, 5.74) is 4.82. The third-order valence-electron chi connectivity index (χ3n) is 17.7. The molecule has 2 N–H and O–H groups in total. The number of rotatable bonds is 5. The summed E-state index contributed by atoms with van der Waals surface area (Å²) in [4.78, 5) is 5.73. The summed E-state index contributed by atoms with van der Waals surface area (Å²) >= 11 is 0.